The molecule has 1 aliphatic heterocycles. The van der Waals surface area contributed by atoms with Crippen LogP contribution < -0.4 is 9.62 Å². The lowest BCUT2D eigenvalue weighted by molar-refractivity contribution is 0.466. The summed E-state index contributed by atoms with van der Waals surface area (Å²) in [5.74, 6) is -0.0631. The first-order chi connectivity index (χ1) is 11.4. The van der Waals surface area contributed by atoms with Crippen molar-refractivity contribution in [1.29, 1.82) is 0 Å². The molecule has 0 spiro atoms. The number of halogens is 1. The predicted molar refractivity (Wildman–Crippen MR) is 89.0 cm³/mol. The first-order valence-electron chi connectivity index (χ1n) is 7.41. The third-order valence-electron chi connectivity index (χ3n) is 3.91. The molecule has 1 fully saturated rings. The number of piperidine rings is 1. The molecule has 2 heterocycles. The first kappa shape index (κ1) is 16.5. The van der Waals surface area contributed by atoms with E-state index in [9.17, 15) is 12.8 Å². The maximum absolute atomic E-state index is 14.0. The molecule has 1 aliphatic rings. The summed E-state index contributed by atoms with van der Waals surface area (Å²) in [7, 11) is -3.29. The van der Waals surface area contributed by atoms with Crippen LogP contribution in [0.1, 0.15) is 12.8 Å². The van der Waals surface area contributed by atoms with Gasteiger partial charge in [0.15, 0.2) is 0 Å². The Kier molecular flexibility index (Phi) is 4.34. The summed E-state index contributed by atoms with van der Waals surface area (Å²) in [6.45, 7) is 8.13. The number of nitrogens with one attached hydrogen (secondary N) is 1. The van der Waals surface area contributed by atoms with Crippen LogP contribution in [-0.4, -0.2) is 43.8 Å². The van der Waals surface area contributed by atoms with Gasteiger partial charge in [-0.05, 0) is 25.0 Å². The van der Waals surface area contributed by atoms with Crippen LogP contribution in [0.4, 0.5) is 15.9 Å². The van der Waals surface area contributed by atoms with Crippen molar-refractivity contribution in [1.82, 2.24) is 14.7 Å². The van der Waals surface area contributed by atoms with Crippen LogP contribution in [0.3, 0.4) is 0 Å². The molecule has 126 valence electrons. The van der Waals surface area contributed by atoms with E-state index >= 15 is 0 Å². The molecular weight excluding hydrogens is 333 g/mol. The Balaban J connectivity index is 1.97. The summed E-state index contributed by atoms with van der Waals surface area (Å²) in [6, 6.07) is 2.45. The molecule has 3 rings (SSSR count). The zero-order valence-corrected chi connectivity index (χ0v) is 13.8. The van der Waals surface area contributed by atoms with Gasteiger partial charge in [-0.1, -0.05) is 0 Å². The van der Waals surface area contributed by atoms with Crippen molar-refractivity contribution >= 4 is 32.4 Å². The number of hydrogen-bond acceptors (Lipinski definition) is 5. The highest BCUT2D eigenvalue weighted by molar-refractivity contribution is 7.88. The maximum atomic E-state index is 14.0. The molecule has 1 aromatic heterocycles. The highest BCUT2D eigenvalue weighted by Crippen LogP contribution is 2.30. The summed E-state index contributed by atoms with van der Waals surface area (Å²) in [6.07, 6.45) is 4.04. The molecule has 0 radical (unpaired) electrons. The Morgan fingerprint density at radius 1 is 1.42 bits per heavy atom. The zero-order chi connectivity index (χ0) is 17.3. The summed E-state index contributed by atoms with van der Waals surface area (Å²) in [5, 5.41) is 0.516. The van der Waals surface area contributed by atoms with Crippen molar-refractivity contribution in [3.63, 3.8) is 0 Å². The average Bonchev–Trinajstić information content (AvgIpc) is 2.52. The van der Waals surface area contributed by atoms with E-state index < -0.39 is 15.8 Å². The van der Waals surface area contributed by atoms with Gasteiger partial charge in [0.25, 0.3) is 0 Å². The predicted octanol–water partition coefficient (Wildman–Crippen LogP) is 1.84. The van der Waals surface area contributed by atoms with Crippen LogP contribution in [0.15, 0.2) is 18.5 Å². The number of sulfonamides is 1. The van der Waals surface area contributed by atoms with Crippen LogP contribution in [-0.2, 0) is 10.0 Å². The molecule has 0 amide bonds. The van der Waals surface area contributed by atoms with Crippen molar-refractivity contribution in [2.75, 3.05) is 24.2 Å². The Morgan fingerprint density at radius 2 is 2.21 bits per heavy atom. The van der Waals surface area contributed by atoms with Crippen LogP contribution in [0, 0.1) is 12.4 Å². The van der Waals surface area contributed by atoms with Gasteiger partial charge in [-0.2, -0.15) is 0 Å². The number of benzene rings is 1. The van der Waals surface area contributed by atoms with E-state index in [1.807, 2.05) is 4.90 Å². The van der Waals surface area contributed by atoms with E-state index in [0.29, 0.717) is 29.8 Å². The molecule has 9 heteroatoms. The molecule has 0 bridgehead atoms. The normalized spacial score (nSPS) is 18.5. The van der Waals surface area contributed by atoms with E-state index in [2.05, 4.69) is 19.5 Å². The van der Waals surface area contributed by atoms with Gasteiger partial charge in [0.05, 0.1) is 18.3 Å². The van der Waals surface area contributed by atoms with Gasteiger partial charge in [-0.3, -0.25) is 0 Å². The smallest absolute Gasteiger partial charge is 0.224 e. The minimum Gasteiger partial charge on any atom is -0.354 e. The van der Waals surface area contributed by atoms with Crippen molar-refractivity contribution in [3.05, 3.63) is 35.7 Å². The van der Waals surface area contributed by atoms with Gasteiger partial charge < -0.3 is 4.90 Å². The van der Waals surface area contributed by atoms with Crippen molar-refractivity contribution in [2.24, 2.45) is 0 Å². The lowest BCUT2D eigenvalue weighted by Gasteiger charge is -2.34. The molecule has 0 aliphatic carbocycles. The monoisotopic (exact) mass is 349 g/mol. The maximum Gasteiger partial charge on any atom is 0.224 e. The van der Waals surface area contributed by atoms with Crippen molar-refractivity contribution in [3.8, 4) is 0 Å². The van der Waals surface area contributed by atoms with Crippen LogP contribution in [0.5, 0.6) is 0 Å². The van der Waals surface area contributed by atoms with Gasteiger partial charge in [-0.25, -0.2) is 32.3 Å². The van der Waals surface area contributed by atoms with Crippen molar-refractivity contribution < 1.29 is 12.8 Å². The summed E-state index contributed by atoms with van der Waals surface area (Å²) >= 11 is 0. The van der Waals surface area contributed by atoms with Gasteiger partial charge in [0, 0.05) is 24.5 Å². The molecule has 7 nitrogen and oxygen atoms in total. The molecule has 2 aromatic rings. The zero-order valence-electron chi connectivity index (χ0n) is 13.0. The average molecular weight is 349 g/mol. The minimum atomic E-state index is -3.29. The Morgan fingerprint density at radius 3 is 2.92 bits per heavy atom. The third kappa shape index (κ3) is 3.44. The van der Waals surface area contributed by atoms with E-state index in [1.54, 1.807) is 0 Å². The molecule has 1 N–H and O–H groups in total. The second-order valence-electron chi connectivity index (χ2n) is 5.81. The lowest BCUT2D eigenvalue weighted by atomic mass is 10.1. The highest BCUT2D eigenvalue weighted by atomic mass is 32.2. The number of anilines is 1. The second-order valence-corrected chi connectivity index (χ2v) is 7.59. The molecule has 1 saturated heterocycles. The van der Waals surface area contributed by atoms with E-state index in [-0.39, 0.29) is 11.7 Å². The third-order valence-corrected chi connectivity index (χ3v) is 4.67. The van der Waals surface area contributed by atoms with Gasteiger partial charge >= 0.3 is 0 Å². The topological polar surface area (TPSA) is 79.6 Å². The first-order valence-corrected chi connectivity index (χ1v) is 9.30. The number of fused-ring (bicyclic) bond motifs is 1. The molecule has 1 atom stereocenters. The molecule has 1 unspecified atom stereocenters. The van der Waals surface area contributed by atoms with Gasteiger partial charge in [-0.15, -0.1) is 0 Å². The number of nitrogens with zero attached hydrogens (tertiary/aromatic N) is 4. The van der Waals surface area contributed by atoms with Gasteiger partial charge in [0.1, 0.15) is 18.0 Å². The fourth-order valence-electron chi connectivity index (χ4n) is 2.96. The fraction of sp³-hybridized carbons (Fsp3) is 0.400. The summed E-state index contributed by atoms with van der Waals surface area (Å²) in [5.41, 5.74) is 0.410. The fourth-order valence-corrected chi connectivity index (χ4v) is 3.76. The highest BCUT2D eigenvalue weighted by Gasteiger charge is 2.24. The Hall–Kier alpha value is -2.31. The number of aromatic nitrogens is 2. The summed E-state index contributed by atoms with van der Waals surface area (Å²) < 4.78 is 39.5. The quantitative estimate of drug-likeness (QED) is 0.856. The SMILES string of the molecule is [C-]#[N+]c1cc2ncnc(N3CCCC(NS(C)(=O)=O)C3)c2cc1F. The van der Waals surface area contributed by atoms with Crippen molar-refractivity contribution in [2.45, 2.75) is 18.9 Å². The largest absolute Gasteiger partial charge is 0.354 e. The van der Waals surface area contributed by atoms with E-state index in [0.717, 1.165) is 19.1 Å². The van der Waals surface area contributed by atoms with Gasteiger partial charge in [0.2, 0.25) is 15.7 Å². The van der Waals surface area contributed by atoms with Crippen LogP contribution >= 0.6 is 0 Å². The molecular formula is C15H16FN5O2S. The summed E-state index contributed by atoms with van der Waals surface area (Å²) in [4.78, 5) is 13.4. The standard InChI is InChI=1S/C15H16FN5O2S/c1-17-14-7-13-11(6-12(14)16)15(19-9-18-13)21-5-3-4-10(8-21)20-24(2,22)23/h6-7,9-10,20H,3-5,8H2,2H3. The van der Waals surface area contributed by atoms with E-state index in [4.69, 9.17) is 6.57 Å². The number of hydrogen-bond donors (Lipinski definition) is 1. The van der Waals surface area contributed by atoms with E-state index in [1.165, 1.54) is 18.5 Å². The van der Waals surface area contributed by atoms with Crippen LogP contribution in [0.2, 0.25) is 0 Å². The minimum absolute atomic E-state index is 0.0811. The number of rotatable bonds is 3. The second kappa shape index (κ2) is 6.30. The Labute approximate surface area is 139 Å². The molecule has 24 heavy (non-hydrogen) atoms. The van der Waals surface area contributed by atoms with Crippen LogP contribution in [0.25, 0.3) is 15.7 Å². The molecule has 0 saturated carbocycles. The molecule has 1 aromatic carbocycles. The Bertz CT molecular complexity index is 925. The lowest BCUT2D eigenvalue weighted by Crippen LogP contribution is -2.47.